The lowest BCUT2D eigenvalue weighted by Crippen LogP contribution is -2.23. The van der Waals surface area contributed by atoms with Gasteiger partial charge in [-0.15, -0.1) is 0 Å². The van der Waals surface area contributed by atoms with E-state index < -0.39 is 11.0 Å². The lowest BCUT2D eigenvalue weighted by atomic mass is 10.1. The zero-order valence-corrected chi connectivity index (χ0v) is 11.5. The Morgan fingerprint density at radius 1 is 1.47 bits per heavy atom. The molecule has 0 aromatic carbocycles. The zero-order valence-electron chi connectivity index (χ0n) is 10.7. The van der Waals surface area contributed by atoms with E-state index >= 15 is 0 Å². The van der Waals surface area contributed by atoms with Crippen LogP contribution in [0.2, 0.25) is 0 Å². The van der Waals surface area contributed by atoms with E-state index in [4.69, 9.17) is 4.74 Å². The molecular formula is C11H23NO2S. The maximum absolute atomic E-state index is 11.8. The fourth-order valence-corrected chi connectivity index (χ4v) is 1.80. The number of hydrogen-bond acceptors (Lipinski definition) is 2. The second-order valence-corrected chi connectivity index (χ2v) is 6.59. The van der Waals surface area contributed by atoms with Crippen LogP contribution in [-0.2, 0) is 15.7 Å². The van der Waals surface area contributed by atoms with Gasteiger partial charge in [-0.1, -0.05) is 20.3 Å². The fraction of sp³-hybridized carbons (Fsp3) is 0.909. The zero-order chi connectivity index (χ0) is 12.1. The molecule has 4 heteroatoms. The van der Waals surface area contributed by atoms with Crippen LogP contribution in [0.5, 0.6) is 0 Å². The smallest absolute Gasteiger partial charge is 0.200 e. The molecule has 0 saturated carbocycles. The normalized spacial score (nSPS) is 17.3. The van der Waals surface area contributed by atoms with E-state index in [1.165, 1.54) is 0 Å². The van der Waals surface area contributed by atoms with Gasteiger partial charge in [0, 0.05) is 5.92 Å². The Kier molecular flexibility index (Phi) is 6.10. The summed E-state index contributed by atoms with van der Waals surface area (Å²) in [6, 6.07) is 0. The van der Waals surface area contributed by atoms with Crippen LogP contribution in [0.4, 0.5) is 0 Å². The minimum Gasteiger partial charge on any atom is -0.483 e. The Hall–Kier alpha value is -0.380. The highest BCUT2D eigenvalue weighted by Crippen LogP contribution is 2.15. The summed E-state index contributed by atoms with van der Waals surface area (Å²) in [5.74, 6) is 0.844. The van der Waals surface area contributed by atoms with Crippen LogP contribution in [0.15, 0.2) is 4.40 Å². The molecule has 0 aromatic heterocycles. The molecule has 0 N–H and O–H groups in total. The monoisotopic (exact) mass is 233 g/mol. The summed E-state index contributed by atoms with van der Waals surface area (Å²) in [7, 11) is 0.360. The van der Waals surface area contributed by atoms with Crippen molar-refractivity contribution in [1.82, 2.24) is 0 Å². The third kappa shape index (κ3) is 5.30. The molecule has 3 nitrogen and oxygen atoms in total. The second kappa shape index (κ2) is 6.26. The summed E-state index contributed by atoms with van der Waals surface area (Å²) < 4.78 is 20.8. The molecule has 0 heterocycles. The van der Waals surface area contributed by atoms with Gasteiger partial charge in [-0.2, -0.15) is 4.40 Å². The van der Waals surface area contributed by atoms with Crippen LogP contribution in [0, 0.1) is 5.92 Å². The van der Waals surface area contributed by atoms with Gasteiger partial charge in [0.2, 0.25) is 0 Å². The Balaban J connectivity index is 4.66. The summed E-state index contributed by atoms with van der Waals surface area (Å²) in [6.45, 7) is 9.88. The molecule has 0 aliphatic heterocycles. The number of hydrogen-bond donors (Lipinski definition) is 0. The van der Waals surface area contributed by atoms with Gasteiger partial charge >= 0.3 is 0 Å². The maximum atomic E-state index is 11.8. The van der Waals surface area contributed by atoms with Gasteiger partial charge in [0.15, 0.2) is 5.90 Å². The van der Waals surface area contributed by atoms with Crippen LogP contribution >= 0.6 is 0 Å². The van der Waals surface area contributed by atoms with Crippen LogP contribution < -0.4 is 0 Å². The fourth-order valence-electron chi connectivity index (χ4n) is 1.10. The van der Waals surface area contributed by atoms with Crippen LogP contribution in [0.3, 0.4) is 0 Å². The average Bonchev–Trinajstić information content (AvgIpc) is 2.12. The first-order valence-corrected chi connectivity index (χ1v) is 6.48. The van der Waals surface area contributed by atoms with Crippen molar-refractivity contribution in [3.8, 4) is 0 Å². The Morgan fingerprint density at radius 2 is 2.00 bits per heavy atom. The lowest BCUT2D eigenvalue weighted by Gasteiger charge is -2.17. The van der Waals surface area contributed by atoms with Gasteiger partial charge in [-0.25, -0.2) is 4.21 Å². The van der Waals surface area contributed by atoms with Gasteiger partial charge < -0.3 is 4.74 Å². The Bertz CT molecular complexity index is 243. The van der Waals surface area contributed by atoms with Crippen molar-refractivity contribution in [3.05, 3.63) is 0 Å². The SMILES string of the molecule is CCC[C@@H](C)/C(=N/S(=O)C(C)(C)C)OC. The standard InChI is InChI=1S/C11H23NO2S/c1-7-8-9(2)10(14-6)12-15(13)11(3,4)5/h9H,7-8H2,1-6H3/b12-10-/t9-,15?/m1/s1. The molecule has 0 fully saturated rings. The van der Waals surface area contributed by atoms with Crippen molar-refractivity contribution in [3.63, 3.8) is 0 Å². The molecule has 0 spiro atoms. The van der Waals surface area contributed by atoms with Crippen molar-refractivity contribution in [2.45, 2.75) is 52.2 Å². The molecule has 0 radical (unpaired) electrons. The average molecular weight is 233 g/mol. The van der Waals surface area contributed by atoms with Gasteiger partial charge in [0.25, 0.3) is 0 Å². The Morgan fingerprint density at radius 3 is 2.33 bits per heavy atom. The van der Waals surface area contributed by atoms with Gasteiger partial charge in [-0.05, 0) is 27.2 Å². The highest BCUT2D eigenvalue weighted by Gasteiger charge is 2.21. The van der Waals surface area contributed by atoms with Crippen molar-refractivity contribution < 1.29 is 8.95 Å². The van der Waals surface area contributed by atoms with E-state index in [0.29, 0.717) is 5.90 Å². The van der Waals surface area contributed by atoms with E-state index in [0.717, 1.165) is 12.8 Å². The highest BCUT2D eigenvalue weighted by molar-refractivity contribution is 7.85. The molecule has 0 amide bonds. The van der Waals surface area contributed by atoms with E-state index in [2.05, 4.69) is 11.3 Å². The summed E-state index contributed by atoms with van der Waals surface area (Å²) >= 11 is 0. The number of ether oxygens (including phenoxy) is 1. The molecule has 0 rings (SSSR count). The predicted molar refractivity (Wildman–Crippen MR) is 66.4 cm³/mol. The molecule has 0 bridgehead atoms. The summed E-state index contributed by atoms with van der Waals surface area (Å²) in [5, 5.41) is 0. The molecular weight excluding hydrogens is 210 g/mol. The maximum Gasteiger partial charge on any atom is 0.200 e. The summed E-state index contributed by atoms with van der Waals surface area (Å²) in [6.07, 6.45) is 2.08. The van der Waals surface area contributed by atoms with Crippen molar-refractivity contribution in [1.29, 1.82) is 0 Å². The van der Waals surface area contributed by atoms with Crippen LogP contribution in [0.25, 0.3) is 0 Å². The van der Waals surface area contributed by atoms with E-state index in [1.807, 2.05) is 27.7 Å². The number of methoxy groups -OCH3 is 1. The van der Waals surface area contributed by atoms with Crippen LogP contribution in [-0.4, -0.2) is 22.0 Å². The van der Waals surface area contributed by atoms with E-state index in [1.54, 1.807) is 7.11 Å². The van der Waals surface area contributed by atoms with Crippen molar-refractivity contribution in [2.24, 2.45) is 10.3 Å². The second-order valence-electron chi connectivity index (χ2n) is 4.68. The molecule has 0 saturated heterocycles. The molecule has 1 unspecified atom stereocenters. The molecule has 0 aliphatic rings. The van der Waals surface area contributed by atoms with E-state index in [9.17, 15) is 4.21 Å². The first-order valence-electron chi connectivity index (χ1n) is 5.37. The van der Waals surface area contributed by atoms with Crippen LogP contribution in [0.1, 0.15) is 47.5 Å². The van der Waals surface area contributed by atoms with Crippen molar-refractivity contribution in [2.75, 3.05) is 7.11 Å². The van der Waals surface area contributed by atoms with Gasteiger partial charge in [0.05, 0.1) is 11.9 Å². The first kappa shape index (κ1) is 14.6. The minimum atomic E-state index is -1.23. The molecule has 0 aliphatic carbocycles. The quantitative estimate of drug-likeness (QED) is 0.553. The highest BCUT2D eigenvalue weighted by atomic mass is 32.2. The largest absolute Gasteiger partial charge is 0.483 e. The summed E-state index contributed by atoms with van der Waals surface area (Å²) in [5.41, 5.74) is 0. The predicted octanol–water partition coefficient (Wildman–Crippen LogP) is 2.93. The van der Waals surface area contributed by atoms with Gasteiger partial charge in [-0.3, -0.25) is 0 Å². The van der Waals surface area contributed by atoms with Gasteiger partial charge in [0.1, 0.15) is 11.0 Å². The van der Waals surface area contributed by atoms with Crippen molar-refractivity contribution >= 4 is 16.9 Å². The third-order valence-corrected chi connectivity index (χ3v) is 3.44. The van der Waals surface area contributed by atoms with E-state index in [-0.39, 0.29) is 10.7 Å². The minimum absolute atomic E-state index is 0.242. The topological polar surface area (TPSA) is 38.7 Å². The summed E-state index contributed by atoms with van der Waals surface area (Å²) in [4.78, 5) is 0. The number of nitrogens with zero attached hydrogens (tertiary/aromatic N) is 1. The molecule has 2 atom stereocenters. The first-order chi connectivity index (χ1) is 6.82. The third-order valence-electron chi connectivity index (χ3n) is 2.05. The molecule has 90 valence electrons. The number of rotatable bonds is 4. The molecule has 0 aromatic rings. The molecule has 15 heavy (non-hydrogen) atoms. The lowest BCUT2D eigenvalue weighted by molar-refractivity contribution is 0.366. The Labute approximate surface area is 95.9 Å².